The zero-order chi connectivity index (χ0) is 15.7. The van der Waals surface area contributed by atoms with Crippen molar-refractivity contribution < 1.29 is 19.1 Å². The summed E-state index contributed by atoms with van der Waals surface area (Å²) in [6, 6.07) is -0.463. The summed E-state index contributed by atoms with van der Waals surface area (Å²) >= 11 is 0. The van der Waals surface area contributed by atoms with Crippen LogP contribution in [0.2, 0.25) is 0 Å². The molecule has 1 heterocycles. The number of rotatable bonds is 7. The number of unbranched alkanes of at least 4 members (excludes halogenated alkanes) is 2. The van der Waals surface area contributed by atoms with Crippen LogP contribution in [0.5, 0.6) is 0 Å². The fourth-order valence-electron chi connectivity index (χ4n) is 2.42. The number of likely N-dealkylation sites (tertiary alicyclic amines) is 1. The van der Waals surface area contributed by atoms with Gasteiger partial charge in [0.2, 0.25) is 5.91 Å². The van der Waals surface area contributed by atoms with Crippen LogP contribution in [0, 0.1) is 5.92 Å². The van der Waals surface area contributed by atoms with Crippen LogP contribution in [0.4, 0.5) is 4.79 Å². The highest BCUT2D eigenvalue weighted by atomic mass is 16.5. The van der Waals surface area contributed by atoms with E-state index < -0.39 is 6.03 Å². The maximum Gasteiger partial charge on any atom is 0.314 e. The summed E-state index contributed by atoms with van der Waals surface area (Å²) in [6.07, 6.45) is 4.47. The number of esters is 1. The van der Waals surface area contributed by atoms with Crippen molar-refractivity contribution in [2.45, 2.75) is 38.5 Å². The molecule has 1 fully saturated rings. The summed E-state index contributed by atoms with van der Waals surface area (Å²) in [7, 11) is 1.38. The number of nitrogens with zero attached hydrogens (tertiary/aromatic N) is 1. The molecular weight excluding hydrogens is 274 g/mol. The third-order valence-electron chi connectivity index (χ3n) is 3.69. The summed E-state index contributed by atoms with van der Waals surface area (Å²) in [5, 5.41) is 2.88. The fraction of sp³-hybridized carbons (Fsp3) is 0.786. The van der Waals surface area contributed by atoms with Crippen LogP contribution in [0.15, 0.2) is 0 Å². The number of piperidine rings is 1. The highest BCUT2D eigenvalue weighted by molar-refractivity contribution is 5.80. The van der Waals surface area contributed by atoms with Crippen molar-refractivity contribution in [3.63, 3.8) is 0 Å². The Labute approximate surface area is 125 Å². The first-order valence-electron chi connectivity index (χ1n) is 7.43. The number of urea groups is 1. The van der Waals surface area contributed by atoms with Crippen LogP contribution in [0.1, 0.15) is 38.5 Å². The zero-order valence-electron chi connectivity index (χ0n) is 12.6. The SMILES string of the molecule is COC(=O)CCCCCNC(=O)C1CCCN(C(N)=O)C1. The van der Waals surface area contributed by atoms with Gasteiger partial charge in [0.15, 0.2) is 0 Å². The maximum atomic E-state index is 12.0. The van der Waals surface area contributed by atoms with Gasteiger partial charge in [0.1, 0.15) is 0 Å². The molecule has 0 aliphatic carbocycles. The third kappa shape index (κ3) is 6.46. The summed E-state index contributed by atoms with van der Waals surface area (Å²) < 4.78 is 4.55. The van der Waals surface area contributed by atoms with Crippen LogP contribution in [-0.2, 0) is 14.3 Å². The average Bonchev–Trinajstić information content (AvgIpc) is 2.50. The zero-order valence-corrected chi connectivity index (χ0v) is 12.6. The normalized spacial score (nSPS) is 18.1. The van der Waals surface area contributed by atoms with Gasteiger partial charge in [0.25, 0.3) is 0 Å². The minimum Gasteiger partial charge on any atom is -0.469 e. The summed E-state index contributed by atoms with van der Waals surface area (Å²) in [6.45, 7) is 1.63. The Morgan fingerprint density at radius 1 is 1.29 bits per heavy atom. The number of carbonyl (C=O) groups is 3. The largest absolute Gasteiger partial charge is 0.469 e. The molecule has 0 radical (unpaired) electrons. The van der Waals surface area contributed by atoms with Gasteiger partial charge in [-0.25, -0.2) is 4.79 Å². The Morgan fingerprint density at radius 2 is 2.05 bits per heavy atom. The van der Waals surface area contributed by atoms with Crippen molar-refractivity contribution in [1.82, 2.24) is 10.2 Å². The first-order chi connectivity index (χ1) is 10.0. The van der Waals surface area contributed by atoms with E-state index in [1.165, 1.54) is 12.0 Å². The summed E-state index contributed by atoms with van der Waals surface area (Å²) in [4.78, 5) is 35.5. The summed E-state index contributed by atoms with van der Waals surface area (Å²) in [5.74, 6) is -0.386. The number of hydrogen-bond acceptors (Lipinski definition) is 4. The number of methoxy groups -OCH3 is 1. The van der Waals surface area contributed by atoms with Gasteiger partial charge in [0, 0.05) is 26.1 Å². The Bertz CT molecular complexity index is 373. The minimum absolute atomic E-state index is 0.0195. The van der Waals surface area contributed by atoms with E-state index in [9.17, 15) is 14.4 Å². The highest BCUT2D eigenvalue weighted by Gasteiger charge is 2.26. The van der Waals surface area contributed by atoms with E-state index in [1.807, 2.05) is 0 Å². The van der Waals surface area contributed by atoms with E-state index in [0.717, 1.165) is 32.1 Å². The van der Waals surface area contributed by atoms with Crippen molar-refractivity contribution in [1.29, 1.82) is 0 Å². The molecule has 1 saturated heterocycles. The smallest absolute Gasteiger partial charge is 0.314 e. The van der Waals surface area contributed by atoms with Crippen molar-refractivity contribution >= 4 is 17.9 Å². The van der Waals surface area contributed by atoms with Crippen molar-refractivity contribution in [3.8, 4) is 0 Å². The molecular formula is C14H25N3O4. The number of ether oxygens (including phenoxy) is 1. The van der Waals surface area contributed by atoms with Gasteiger partial charge in [0.05, 0.1) is 13.0 Å². The molecule has 120 valence electrons. The second-order valence-electron chi connectivity index (χ2n) is 5.30. The van der Waals surface area contributed by atoms with Gasteiger partial charge in [-0.1, -0.05) is 6.42 Å². The topological polar surface area (TPSA) is 102 Å². The van der Waals surface area contributed by atoms with E-state index >= 15 is 0 Å². The van der Waals surface area contributed by atoms with Gasteiger partial charge in [-0.15, -0.1) is 0 Å². The molecule has 1 aliphatic rings. The second kappa shape index (κ2) is 9.20. The lowest BCUT2D eigenvalue weighted by Gasteiger charge is -2.30. The lowest BCUT2D eigenvalue weighted by Crippen LogP contribution is -2.47. The number of hydrogen-bond donors (Lipinski definition) is 2. The predicted molar refractivity (Wildman–Crippen MR) is 77.4 cm³/mol. The predicted octanol–water partition coefficient (Wildman–Crippen LogP) is 0.627. The molecule has 0 bridgehead atoms. The van der Waals surface area contributed by atoms with Crippen molar-refractivity contribution in [2.24, 2.45) is 11.7 Å². The molecule has 1 unspecified atom stereocenters. The van der Waals surface area contributed by atoms with Crippen LogP contribution < -0.4 is 11.1 Å². The first-order valence-corrected chi connectivity index (χ1v) is 7.43. The Hall–Kier alpha value is -1.79. The van der Waals surface area contributed by atoms with Gasteiger partial charge in [-0.2, -0.15) is 0 Å². The number of amides is 3. The van der Waals surface area contributed by atoms with Crippen LogP contribution in [-0.4, -0.2) is 49.6 Å². The number of primary amides is 1. The average molecular weight is 299 g/mol. The molecule has 1 aliphatic heterocycles. The molecule has 0 saturated carbocycles. The van der Waals surface area contributed by atoms with Gasteiger partial charge >= 0.3 is 12.0 Å². The monoisotopic (exact) mass is 299 g/mol. The molecule has 0 aromatic heterocycles. The lowest BCUT2D eigenvalue weighted by molar-refractivity contribution is -0.140. The molecule has 21 heavy (non-hydrogen) atoms. The standard InChI is InChI=1S/C14H25N3O4/c1-21-12(18)7-3-2-4-8-16-13(19)11-6-5-9-17(10-11)14(15)20/h11H,2-10H2,1H3,(H2,15,20)(H,16,19). The minimum atomic E-state index is -0.463. The first kappa shape index (κ1) is 17.3. The van der Waals surface area contributed by atoms with E-state index in [0.29, 0.717) is 26.1 Å². The van der Waals surface area contributed by atoms with Crippen molar-refractivity contribution in [2.75, 3.05) is 26.7 Å². The number of nitrogens with two attached hydrogens (primary N) is 1. The second-order valence-corrected chi connectivity index (χ2v) is 5.30. The van der Waals surface area contributed by atoms with E-state index in [1.54, 1.807) is 0 Å². The molecule has 1 atom stereocenters. The third-order valence-corrected chi connectivity index (χ3v) is 3.69. The Balaban J connectivity index is 2.13. The molecule has 1 rings (SSSR count). The molecule has 0 spiro atoms. The number of carbonyl (C=O) groups excluding carboxylic acids is 3. The van der Waals surface area contributed by atoms with Crippen LogP contribution >= 0.6 is 0 Å². The van der Waals surface area contributed by atoms with E-state index in [4.69, 9.17) is 5.73 Å². The Morgan fingerprint density at radius 3 is 2.71 bits per heavy atom. The fourth-order valence-corrected chi connectivity index (χ4v) is 2.42. The van der Waals surface area contributed by atoms with Gasteiger partial charge in [-0.3, -0.25) is 9.59 Å². The highest BCUT2D eigenvalue weighted by Crippen LogP contribution is 2.16. The van der Waals surface area contributed by atoms with E-state index in [2.05, 4.69) is 10.1 Å². The molecule has 7 heteroatoms. The van der Waals surface area contributed by atoms with Crippen LogP contribution in [0.3, 0.4) is 0 Å². The van der Waals surface area contributed by atoms with Crippen LogP contribution in [0.25, 0.3) is 0 Å². The number of nitrogens with one attached hydrogen (secondary N) is 1. The molecule has 0 aromatic rings. The maximum absolute atomic E-state index is 12.0. The van der Waals surface area contributed by atoms with Gasteiger partial charge in [-0.05, 0) is 25.7 Å². The molecule has 3 amide bonds. The van der Waals surface area contributed by atoms with Gasteiger partial charge < -0.3 is 20.7 Å². The molecule has 7 nitrogen and oxygen atoms in total. The summed E-state index contributed by atoms with van der Waals surface area (Å²) in [5.41, 5.74) is 5.24. The quantitative estimate of drug-likeness (QED) is 0.531. The Kier molecular flexibility index (Phi) is 7.56. The van der Waals surface area contributed by atoms with E-state index in [-0.39, 0.29) is 17.8 Å². The lowest BCUT2D eigenvalue weighted by atomic mass is 9.97. The van der Waals surface area contributed by atoms with Crippen molar-refractivity contribution in [3.05, 3.63) is 0 Å². The molecule has 3 N–H and O–H groups in total. The molecule has 0 aromatic carbocycles.